The van der Waals surface area contributed by atoms with E-state index in [-0.39, 0.29) is 5.56 Å². The number of hydrogen-bond donors (Lipinski definition) is 1. The molecular weight excluding hydrogens is 301 g/mol. The molecule has 0 saturated heterocycles. The molecule has 0 radical (unpaired) electrons. The van der Waals surface area contributed by atoms with Gasteiger partial charge in [0.1, 0.15) is 0 Å². The fourth-order valence-corrected chi connectivity index (χ4v) is 1.55. The number of thiol groups is 1. The molecule has 0 aliphatic carbocycles. The van der Waals surface area contributed by atoms with E-state index in [1.807, 2.05) is 0 Å². The van der Waals surface area contributed by atoms with Gasteiger partial charge in [-0.2, -0.15) is 25.8 Å². The summed E-state index contributed by atoms with van der Waals surface area (Å²) >= 11 is 6.94. The number of rotatable bonds is 1. The Morgan fingerprint density at radius 2 is 2.00 bits per heavy atom. The van der Waals surface area contributed by atoms with Crippen LogP contribution in [0.2, 0.25) is 0 Å². The molecule has 0 spiro atoms. The van der Waals surface area contributed by atoms with Crippen LogP contribution in [-0.2, 0) is 6.18 Å². The maximum Gasteiger partial charge on any atom is 0.417 e. The van der Waals surface area contributed by atoms with Crippen molar-refractivity contribution in [2.45, 2.75) is 12.6 Å². The van der Waals surface area contributed by atoms with Gasteiger partial charge in [-0.05, 0) is 18.2 Å². The summed E-state index contributed by atoms with van der Waals surface area (Å²) in [5.41, 5.74) is -0.717. The van der Waals surface area contributed by atoms with Gasteiger partial charge < -0.3 is 0 Å². The Kier molecular flexibility index (Phi) is 4.75. The fraction of sp³-hybridized carbons (Fsp3) is 0.273. The minimum absolute atomic E-state index is 0.00233. The minimum Gasteiger partial charge on any atom is -0.178 e. The summed E-state index contributed by atoms with van der Waals surface area (Å²) in [6.45, 7) is 0. The molecule has 16 heavy (non-hydrogen) atoms. The molecule has 5 heteroatoms. The van der Waals surface area contributed by atoms with E-state index in [4.69, 9.17) is 0 Å². The summed E-state index contributed by atoms with van der Waals surface area (Å²) in [4.78, 5) is 0. The molecule has 0 saturated carbocycles. The zero-order valence-corrected chi connectivity index (χ0v) is 10.6. The molecule has 0 aliphatic rings. The van der Waals surface area contributed by atoms with Crippen molar-refractivity contribution in [2.24, 2.45) is 0 Å². The van der Waals surface area contributed by atoms with E-state index in [2.05, 4.69) is 40.4 Å². The second kappa shape index (κ2) is 5.65. The first-order chi connectivity index (χ1) is 7.45. The van der Waals surface area contributed by atoms with Gasteiger partial charge in [-0.3, -0.25) is 0 Å². The van der Waals surface area contributed by atoms with Crippen molar-refractivity contribution < 1.29 is 13.2 Å². The molecule has 0 aliphatic heterocycles. The summed E-state index contributed by atoms with van der Waals surface area (Å²) in [7, 11) is 0. The van der Waals surface area contributed by atoms with Crippen LogP contribution in [0, 0.1) is 11.8 Å². The van der Waals surface area contributed by atoms with Gasteiger partial charge in [0.05, 0.1) is 5.56 Å². The lowest BCUT2D eigenvalue weighted by Crippen LogP contribution is -2.07. The van der Waals surface area contributed by atoms with E-state index in [1.54, 1.807) is 6.07 Å². The van der Waals surface area contributed by atoms with E-state index >= 15 is 0 Å². The van der Waals surface area contributed by atoms with Gasteiger partial charge in [0.15, 0.2) is 0 Å². The van der Waals surface area contributed by atoms with Gasteiger partial charge in [-0.15, -0.1) is 0 Å². The zero-order valence-electron chi connectivity index (χ0n) is 8.11. The molecule has 1 aromatic rings. The monoisotopic (exact) mass is 308 g/mol. The summed E-state index contributed by atoms with van der Waals surface area (Å²) in [5.74, 6) is 5.68. The van der Waals surface area contributed by atoms with Gasteiger partial charge in [-0.25, -0.2) is 0 Å². The molecule has 0 bridgehead atoms. The highest BCUT2D eigenvalue weighted by atomic mass is 79.9. The van der Waals surface area contributed by atoms with E-state index in [1.165, 1.54) is 6.07 Å². The highest BCUT2D eigenvalue weighted by Crippen LogP contribution is 2.33. The lowest BCUT2D eigenvalue weighted by molar-refractivity contribution is -0.137. The largest absolute Gasteiger partial charge is 0.417 e. The Morgan fingerprint density at radius 1 is 1.31 bits per heavy atom. The van der Waals surface area contributed by atoms with Crippen molar-refractivity contribution >= 4 is 28.6 Å². The van der Waals surface area contributed by atoms with E-state index in [0.29, 0.717) is 16.6 Å². The van der Waals surface area contributed by atoms with Crippen molar-refractivity contribution in [2.75, 3.05) is 5.75 Å². The average molecular weight is 309 g/mol. The molecule has 0 atom stereocenters. The highest BCUT2D eigenvalue weighted by molar-refractivity contribution is 9.10. The van der Waals surface area contributed by atoms with Crippen molar-refractivity contribution in [1.82, 2.24) is 0 Å². The van der Waals surface area contributed by atoms with Crippen LogP contribution in [0.15, 0.2) is 22.7 Å². The second-order valence-electron chi connectivity index (χ2n) is 2.96. The molecule has 0 nitrogen and oxygen atoms in total. The van der Waals surface area contributed by atoms with Crippen LogP contribution in [0.5, 0.6) is 0 Å². The molecule has 0 aromatic heterocycles. The standard InChI is InChI=1S/C11H8BrF3S/c12-9-5-4-8(3-1-2-6-16)10(7-9)11(13,14)15/h4-5,7,16H,2,6H2. The topological polar surface area (TPSA) is 0 Å². The first kappa shape index (κ1) is 13.5. The lowest BCUT2D eigenvalue weighted by atomic mass is 10.1. The zero-order chi connectivity index (χ0) is 12.2. The fourth-order valence-electron chi connectivity index (χ4n) is 1.07. The molecule has 0 fully saturated rings. The van der Waals surface area contributed by atoms with Crippen LogP contribution >= 0.6 is 28.6 Å². The highest BCUT2D eigenvalue weighted by Gasteiger charge is 2.33. The van der Waals surface area contributed by atoms with Gasteiger partial charge in [0.25, 0.3) is 0 Å². The Hall–Kier alpha value is -0.600. The van der Waals surface area contributed by atoms with Gasteiger partial charge in [-0.1, -0.05) is 27.8 Å². The van der Waals surface area contributed by atoms with Gasteiger partial charge >= 0.3 is 6.18 Å². The second-order valence-corrected chi connectivity index (χ2v) is 4.33. The summed E-state index contributed by atoms with van der Waals surface area (Å²) < 4.78 is 38.3. The summed E-state index contributed by atoms with van der Waals surface area (Å²) in [6, 6.07) is 3.93. The predicted octanol–water partition coefficient (Wildman–Crippen LogP) is 4.14. The number of alkyl halides is 3. The van der Waals surface area contributed by atoms with Crippen LogP contribution in [0.25, 0.3) is 0 Å². The Morgan fingerprint density at radius 3 is 2.56 bits per heavy atom. The van der Waals surface area contributed by atoms with Gasteiger partial charge in [0.2, 0.25) is 0 Å². The van der Waals surface area contributed by atoms with Crippen LogP contribution in [-0.4, -0.2) is 5.75 Å². The summed E-state index contributed by atoms with van der Waals surface area (Å²) in [6.07, 6.45) is -3.91. The maximum atomic E-state index is 12.6. The van der Waals surface area contributed by atoms with Crippen LogP contribution < -0.4 is 0 Å². The van der Waals surface area contributed by atoms with Crippen molar-refractivity contribution in [3.8, 4) is 11.8 Å². The SMILES string of the molecule is FC(F)(F)c1cc(Br)ccc1C#CCCS. The Bertz CT molecular complexity index is 429. The van der Waals surface area contributed by atoms with E-state index in [9.17, 15) is 13.2 Å². The number of hydrogen-bond acceptors (Lipinski definition) is 1. The molecule has 0 N–H and O–H groups in total. The maximum absolute atomic E-state index is 12.6. The Balaban J connectivity index is 3.15. The van der Waals surface area contributed by atoms with Crippen molar-refractivity contribution in [1.29, 1.82) is 0 Å². The van der Waals surface area contributed by atoms with Crippen LogP contribution in [0.3, 0.4) is 0 Å². The van der Waals surface area contributed by atoms with Crippen molar-refractivity contribution in [3.63, 3.8) is 0 Å². The number of benzene rings is 1. The van der Waals surface area contributed by atoms with Crippen LogP contribution in [0.4, 0.5) is 13.2 Å². The molecular formula is C11H8BrF3S. The first-order valence-electron chi connectivity index (χ1n) is 4.41. The third-order valence-electron chi connectivity index (χ3n) is 1.75. The molecule has 0 unspecified atom stereocenters. The molecule has 1 aromatic carbocycles. The minimum atomic E-state index is -4.38. The Labute approximate surface area is 106 Å². The molecule has 86 valence electrons. The molecule has 0 amide bonds. The van der Waals surface area contributed by atoms with Gasteiger partial charge in [0, 0.05) is 22.2 Å². The van der Waals surface area contributed by atoms with E-state index in [0.717, 1.165) is 6.07 Å². The third-order valence-corrected chi connectivity index (χ3v) is 2.46. The average Bonchev–Trinajstić information content (AvgIpc) is 2.19. The smallest absolute Gasteiger partial charge is 0.178 e. The quantitative estimate of drug-likeness (QED) is 0.585. The van der Waals surface area contributed by atoms with Crippen LogP contribution in [0.1, 0.15) is 17.5 Å². The van der Waals surface area contributed by atoms with Crippen molar-refractivity contribution in [3.05, 3.63) is 33.8 Å². The molecule has 0 heterocycles. The van der Waals surface area contributed by atoms with E-state index < -0.39 is 11.7 Å². The molecule has 1 rings (SSSR count). The predicted molar refractivity (Wildman–Crippen MR) is 64.5 cm³/mol. The lowest BCUT2D eigenvalue weighted by Gasteiger charge is -2.09. The first-order valence-corrected chi connectivity index (χ1v) is 5.84. The third kappa shape index (κ3) is 3.76. The normalized spacial score (nSPS) is 10.8. The summed E-state index contributed by atoms with van der Waals surface area (Å²) in [5, 5.41) is 0. The number of halogens is 4.